The van der Waals surface area contributed by atoms with Crippen LogP contribution in [0.15, 0.2) is 12.2 Å². The predicted octanol–water partition coefficient (Wildman–Crippen LogP) is 0.984. The topological polar surface area (TPSA) is 74.6 Å². The second-order valence-electron chi connectivity index (χ2n) is 3.33. The molecule has 72 valence electrons. The van der Waals surface area contributed by atoms with Gasteiger partial charge in [0.05, 0.1) is 11.8 Å². The van der Waals surface area contributed by atoms with Crippen molar-refractivity contribution in [2.75, 3.05) is 0 Å². The molecule has 4 heteroatoms. The standard InChI is InChI=1S/C9H12O4/c1-5-6(8(10)11)3-2-4-7(5)9(12)13/h2-3,5-7H,4H2,1H3,(H,10,11)(H,12,13). The minimum atomic E-state index is -0.949. The summed E-state index contributed by atoms with van der Waals surface area (Å²) < 4.78 is 0. The van der Waals surface area contributed by atoms with Gasteiger partial charge in [-0.05, 0) is 12.3 Å². The third-order valence-corrected chi connectivity index (χ3v) is 2.54. The molecule has 0 aromatic rings. The molecule has 0 spiro atoms. The van der Waals surface area contributed by atoms with E-state index in [0.29, 0.717) is 6.42 Å². The van der Waals surface area contributed by atoms with Crippen molar-refractivity contribution in [2.24, 2.45) is 17.8 Å². The minimum absolute atomic E-state index is 0.333. The van der Waals surface area contributed by atoms with Gasteiger partial charge in [-0.15, -0.1) is 0 Å². The van der Waals surface area contributed by atoms with E-state index in [1.165, 1.54) is 0 Å². The summed E-state index contributed by atoms with van der Waals surface area (Å²) in [5, 5.41) is 17.5. The summed E-state index contributed by atoms with van der Waals surface area (Å²) in [6.07, 6.45) is 3.64. The molecule has 0 radical (unpaired) electrons. The van der Waals surface area contributed by atoms with Crippen molar-refractivity contribution in [1.29, 1.82) is 0 Å². The minimum Gasteiger partial charge on any atom is -0.481 e. The van der Waals surface area contributed by atoms with E-state index in [2.05, 4.69) is 0 Å². The highest BCUT2D eigenvalue weighted by molar-refractivity contribution is 5.76. The predicted molar refractivity (Wildman–Crippen MR) is 45.2 cm³/mol. The molecule has 0 amide bonds. The molecular formula is C9H12O4. The van der Waals surface area contributed by atoms with E-state index >= 15 is 0 Å². The lowest BCUT2D eigenvalue weighted by Gasteiger charge is -2.26. The van der Waals surface area contributed by atoms with Crippen LogP contribution < -0.4 is 0 Å². The van der Waals surface area contributed by atoms with Gasteiger partial charge in [-0.1, -0.05) is 19.1 Å². The maximum atomic E-state index is 10.7. The Balaban J connectivity index is 2.82. The molecule has 1 aliphatic carbocycles. The molecule has 0 heterocycles. The molecule has 0 aromatic heterocycles. The van der Waals surface area contributed by atoms with Crippen LogP contribution in [0.1, 0.15) is 13.3 Å². The first-order valence-corrected chi connectivity index (χ1v) is 4.16. The molecule has 1 aliphatic rings. The molecule has 0 aromatic carbocycles. The highest BCUT2D eigenvalue weighted by Crippen LogP contribution is 2.30. The molecule has 0 saturated carbocycles. The average Bonchev–Trinajstić information content (AvgIpc) is 2.03. The van der Waals surface area contributed by atoms with E-state index in [-0.39, 0.29) is 5.92 Å². The Bertz CT molecular complexity index is 256. The number of hydrogen-bond donors (Lipinski definition) is 2. The normalized spacial score (nSPS) is 32.8. The van der Waals surface area contributed by atoms with E-state index in [1.54, 1.807) is 19.1 Å². The van der Waals surface area contributed by atoms with Gasteiger partial charge in [0.25, 0.3) is 0 Å². The lowest BCUT2D eigenvalue weighted by molar-refractivity contribution is -0.147. The molecule has 4 nitrogen and oxygen atoms in total. The average molecular weight is 184 g/mol. The number of aliphatic carboxylic acids is 2. The van der Waals surface area contributed by atoms with Crippen molar-refractivity contribution in [1.82, 2.24) is 0 Å². The second kappa shape index (κ2) is 3.60. The van der Waals surface area contributed by atoms with Gasteiger partial charge in [0.1, 0.15) is 0 Å². The van der Waals surface area contributed by atoms with E-state index in [4.69, 9.17) is 10.2 Å². The Morgan fingerprint density at radius 1 is 1.31 bits per heavy atom. The van der Waals surface area contributed by atoms with Crippen LogP contribution in [-0.2, 0) is 9.59 Å². The van der Waals surface area contributed by atoms with Crippen LogP contribution in [0.3, 0.4) is 0 Å². The van der Waals surface area contributed by atoms with Crippen LogP contribution >= 0.6 is 0 Å². The zero-order valence-electron chi connectivity index (χ0n) is 7.30. The summed E-state index contributed by atoms with van der Waals surface area (Å²) in [5.41, 5.74) is 0. The molecule has 0 aliphatic heterocycles. The van der Waals surface area contributed by atoms with E-state index in [1.807, 2.05) is 0 Å². The Labute approximate surface area is 75.9 Å². The van der Waals surface area contributed by atoms with Crippen molar-refractivity contribution in [3.05, 3.63) is 12.2 Å². The van der Waals surface area contributed by atoms with Crippen LogP contribution in [0.4, 0.5) is 0 Å². The third kappa shape index (κ3) is 1.88. The molecule has 0 fully saturated rings. The molecule has 0 saturated heterocycles. The molecule has 2 N–H and O–H groups in total. The fourth-order valence-electron chi connectivity index (χ4n) is 1.64. The number of carboxylic acid groups (broad SMARTS) is 2. The zero-order valence-corrected chi connectivity index (χ0v) is 7.30. The zero-order chi connectivity index (χ0) is 10.0. The summed E-state index contributed by atoms with van der Waals surface area (Å²) >= 11 is 0. The molecule has 1 rings (SSSR count). The summed E-state index contributed by atoms with van der Waals surface area (Å²) in [7, 11) is 0. The molecule has 0 bridgehead atoms. The number of carboxylic acids is 2. The smallest absolute Gasteiger partial charge is 0.310 e. The Hall–Kier alpha value is -1.32. The van der Waals surface area contributed by atoms with E-state index < -0.39 is 23.8 Å². The number of allylic oxidation sites excluding steroid dienone is 1. The highest BCUT2D eigenvalue weighted by atomic mass is 16.4. The Morgan fingerprint density at radius 3 is 2.38 bits per heavy atom. The summed E-state index contributed by atoms with van der Waals surface area (Å²) in [6.45, 7) is 1.67. The van der Waals surface area contributed by atoms with Gasteiger partial charge in [-0.2, -0.15) is 0 Å². The van der Waals surface area contributed by atoms with Gasteiger partial charge < -0.3 is 10.2 Å². The van der Waals surface area contributed by atoms with Crippen molar-refractivity contribution in [2.45, 2.75) is 13.3 Å². The number of rotatable bonds is 2. The van der Waals surface area contributed by atoms with E-state index in [0.717, 1.165) is 0 Å². The molecule has 13 heavy (non-hydrogen) atoms. The van der Waals surface area contributed by atoms with E-state index in [9.17, 15) is 9.59 Å². The maximum absolute atomic E-state index is 10.7. The van der Waals surface area contributed by atoms with Gasteiger partial charge in [-0.3, -0.25) is 9.59 Å². The SMILES string of the molecule is CC1C(C(=O)O)C=CCC1C(=O)O. The lowest BCUT2D eigenvalue weighted by atomic mass is 9.77. The van der Waals surface area contributed by atoms with Crippen LogP contribution in [0, 0.1) is 17.8 Å². The highest BCUT2D eigenvalue weighted by Gasteiger charge is 2.35. The second-order valence-corrected chi connectivity index (χ2v) is 3.33. The van der Waals surface area contributed by atoms with Gasteiger partial charge in [0.2, 0.25) is 0 Å². The van der Waals surface area contributed by atoms with Gasteiger partial charge in [-0.25, -0.2) is 0 Å². The molecular weight excluding hydrogens is 172 g/mol. The lowest BCUT2D eigenvalue weighted by Crippen LogP contribution is -2.32. The maximum Gasteiger partial charge on any atom is 0.310 e. The van der Waals surface area contributed by atoms with Crippen molar-refractivity contribution >= 4 is 11.9 Å². The number of carbonyl (C=O) groups is 2. The first kappa shape index (κ1) is 9.77. The first-order valence-electron chi connectivity index (χ1n) is 4.16. The quantitative estimate of drug-likeness (QED) is 0.627. The fraction of sp³-hybridized carbons (Fsp3) is 0.556. The van der Waals surface area contributed by atoms with Gasteiger partial charge >= 0.3 is 11.9 Å². The fourth-order valence-corrected chi connectivity index (χ4v) is 1.64. The molecule has 3 atom stereocenters. The molecule has 3 unspecified atom stereocenters. The van der Waals surface area contributed by atoms with Crippen LogP contribution in [0.2, 0.25) is 0 Å². The Morgan fingerprint density at radius 2 is 1.92 bits per heavy atom. The summed E-state index contributed by atoms with van der Waals surface area (Å²) in [4.78, 5) is 21.4. The summed E-state index contributed by atoms with van der Waals surface area (Å²) in [6, 6.07) is 0. The number of hydrogen-bond acceptors (Lipinski definition) is 2. The monoisotopic (exact) mass is 184 g/mol. The van der Waals surface area contributed by atoms with Gasteiger partial charge in [0.15, 0.2) is 0 Å². The summed E-state index contributed by atoms with van der Waals surface area (Å²) in [5.74, 6) is -3.42. The first-order chi connectivity index (χ1) is 6.04. The van der Waals surface area contributed by atoms with Crippen molar-refractivity contribution < 1.29 is 19.8 Å². The van der Waals surface area contributed by atoms with Crippen LogP contribution in [0.5, 0.6) is 0 Å². The van der Waals surface area contributed by atoms with Crippen LogP contribution in [-0.4, -0.2) is 22.2 Å². The largest absolute Gasteiger partial charge is 0.481 e. The van der Waals surface area contributed by atoms with Crippen molar-refractivity contribution in [3.63, 3.8) is 0 Å². The Kier molecular flexibility index (Phi) is 2.70. The van der Waals surface area contributed by atoms with Crippen LogP contribution in [0.25, 0.3) is 0 Å². The third-order valence-electron chi connectivity index (χ3n) is 2.54. The van der Waals surface area contributed by atoms with Gasteiger partial charge in [0, 0.05) is 0 Å². The van der Waals surface area contributed by atoms with Crippen molar-refractivity contribution in [3.8, 4) is 0 Å².